The molecule has 1 aliphatic rings. The van der Waals surface area contributed by atoms with Crippen molar-refractivity contribution < 1.29 is 14.7 Å². The van der Waals surface area contributed by atoms with Crippen molar-refractivity contribution in [3.05, 3.63) is 65.2 Å². The Hall–Kier alpha value is -3.61. The van der Waals surface area contributed by atoms with Crippen LogP contribution in [0, 0.1) is 0 Å². The molecule has 0 saturated carbocycles. The number of anilines is 2. The molecule has 0 aliphatic carbocycles. The van der Waals surface area contributed by atoms with E-state index in [9.17, 15) is 9.59 Å². The van der Waals surface area contributed by atoms with E-state index < -0.39 is 5.97 Å². The van der Waals surface area contributed by atoms with Crippen molar-refractivity contribution >= 4 is 35.3 Å². The summed E-state index contributed by atoms with van der Waals surface area (Å²) in [6.07, 6.45) is 3.33. The Balaban J connectivity index is 1.74. The third kappa shape index (κ3) is 4.97. The standard InChI is InChI=1S/C21H22N4O3/c1-2-15-12-14(7-9-19(26)27)6-8-18(15)25-20(28)16-4-3-5-17(13-16)24-21-22-10-11-23-21/h3-9,12-13H,2,10-11H2,1H3,(H,25,28)(H,26,27)(H2,22,23,24). The van der Waals surface area contributed by atoms with E-state index in [0.29, 0.717) is 23.6 Å². The molecule has 0 saturated heterocycles. The van der Waals surface area contributed by atoms with Crippen molar-refractivity contribution in [3.63, 3.8) is 0 Å². The van der Waals surface area contributed by atoms with Gasteiger partial charge < -0.3 is 21.1 Å². The average molecular weight is 378 g/mol. The number of carbonyl (C=O) groups is 2. The highest BCUT2D eigenvalue weighted by Crippen LogP contribution is 2.21. The van der Waals surface area contributed by atoms with Gasteiger partial charge in [0.2, 0.25) is 0 Å². The lowest BCUT2D eigenvalue weighted by atomic mass is 10.1. The van der Waals surface area contributed by atoms with Crippen LogP contribution in [0.3, 0.4) is 0 Å². The number of aliphatic carboxylic acids is 1. The van der Waals surface area contributed by atoms with Crippen LogP contribution in [-0.4, -0.2) is 36.0 Å². The fourth-order valence-corrected chi connectivity index (χ4v) is 2.85. The Kier molecular flexibility index (Phi) is 6.06. The van der Waals surface area contributed by atoms with Gasteiger partial charge in [-0.15, -0.1) is 0 Å². The average Bonchev–Trinajstić information content (AvgIpc) is 3.20. The summed E-state index contributed by atoms with van der Waals surface area (Å²) < 4.78 is 0. The molecule has 2 aromatic carbocycles. The van der Waals surface area contributed by atoms with Gasteiger partial charge in [0.15, 0.2) is 5.96 Å². The maximum Gasteiger partial charge on any atom is 0.328 e. The normalized spacial score (nSPS) is 13.1. The Morgan fingerprint density at radius 2 is 2.11 bits per heavy atom. The summed E-state index contributed by atoms with van der Waals surface area (Å²) in [6.45, 7) is 3.52. The van der Waals surface area contributed by atoms with Crippen LogP contribution >= 0.6 is 0 Å². The van der Waals surface area contributed by atoms with Crippen molar-refractivity contribution in [3.8, 4) is 0 Å². The zero-order chi connectivity index (χ0) is 19.9. The number of carboxylic acid groups (broad SMARTS) is 1. The number of carboxylic acids is 1. The third-order valence-corrected chi connectivity index (χ3v) is 4.24. The van der Waals surface area contributed by atoms with Crippen molar-refractivity contribution in [2.24, 2.45) is 4.99 Å². The van der Waals surface area contributed by atoms with Crippen LogP contribution < -0.4 is 16.0 Å². The smallest absolute Gasteiger partial charge is 0.328 e. The minimum absolute atomic E-state index is 0.214. The van der Waals surface area contributed by atoms with Gasteiger partial charge in [-0.3, -0.25) is 9.79 Å². The number of nitrogens with zero attached hydrogens (tertiary/aromatic N) is 1. The number of carbonyl (C=O) groups excluding carboxylic acids is 1. The van der Waals surface area contributed by atoms with Crippen molar-refractivity contribution in [2.45, 2.75) is 13.3 Å². The van der Waals surface area contributed by atoms with E-state index in [1.807, 2.05) is 25.1 Å². The Labute approximate surface area is 163 Å². The van der Waals surface area contributed by atoms with E-state index in [2.05, 4.69) is 20.9 Å². The number of rotatable bonds is 6. The molecule has 7 nitrogen and oxygen atoms in total. The maximum absolute atomic E-state index is 12.7. The number of amides is 1. The van der Waals surface area contributed by atoms with Crippen LogP contribution in [0.1, 0.15) is 28.4 Å². The molecule has 0 radical (unpaired) electrons. The van der Waals surface area contributed by atoms with Crippen LogP contribution in [0.5, 0.6) is 0 Å². The van der Waals surface area contributed by atoms with Gasteiger partial charge in [0.05, 0.1) is 6.54 Å². The molecule has 1 amide bonds. The number of nitrogens with one attached hydrogen (secondary N) is 3. The monoisotopic (exact) mass is 378 g/mol. The molecule has 0 unspecified atom stereocenters. The summed E-state index contributed by atoms with van der Waals surface area (Å²) in [4.78, 5) is 27.6. The van der Waals surface area contributed by atoms with Gasteiger partial charge in [-0.25, -0.2) is 4.79 Å². The molecule has 0 atom stereocenters. The van der Waals surface area contributed by atoms with Gasteiger partial charge in [0, 0.05) is 29.6 Å². The first kappa shape index (κ1) is 19.2. The fraction of sp³-hybridized carbons (Fsp3) is 0.190. The van der Waals surface area contributed by atoms with E-state index in [4.69, 9.17) is 5.11 Å². The number of aliphatic imine (C=N–C) groups is 1. The van der Waals surface area contributed by atoms with E-state index in [1.165, 1.54) is 6.08 Å². The van der Waals surface area contributed by atoms with Crippen LogP contribution in [0.2, 0.25) is 0 Å². The fourth-order valence-electron chi connectivity index (χ4n) is 2.85. The van der Waals surface area contributed by atoms with E-state index in [0.717, 1.165) is 36.0 Å². The van der Waals surface area contributed by atoms with E-state index in [1.54, 1.807) is 24.3 Å². The molecule has 2 aromatic rings. The largest absolute Gasteiger partial charge is 0.478 e. The summed E-state index contributed by atoms with van der Waals surface area (Å²) in [7, 11) is 0. The summed E-state index contributed by atoms with van der Waals surface area (Å²) in [5.74, 6) is -0.507. The van der Waals surface area contributed by atoms with Crippen LogP contribution in [0.25, 0.3) is 6.08 Å². The lowest BCUT2D eigenvalue weighted by molar-refractivity contribution is -0.131. The molecule has 0 spiro atoms. The molecule has 144 valence electrons. The number of benzene rings is 2. The highest BCUT2D eigenvalue weighted by atomic mass is 16.4. The quantitative estimate of drug-likeness (QED) is 0.579. The SMILES string of the molecule is CCc1cc(C=CC(=O)O)ccc1NC(=O)c1cccc(NC2=NCCN2)c1. The number of aryl methyl sites for hydroxylation is 1. The van der Waals surface area contributed by atoms with Gasteiger partial charge in [0.1, 0.15) is 0 Å². The van der Waals surface area contributed by atoms with Crippen LogP contribution in [0.4, 0.5) is 11.4 Å². The topological polar surface area (TPSA) is 103 Å². The summed E-state index contributed by atoms with van der Waals surface area (Å²) in [5, 5.41) is 18.0. The number of hydrogen-bond donors (Lipinski definition) is 4. The van der Waals surface area contributed by atoms with Crippen molar-refractivity contribution in [1.82, 2.24) is 5.32 Å². The summed E-state index contributed by atoms with van der Waals surface area (Å²) in [5.41, 5.74) is 3.72. The lowest BCUT2D eigenvalue weighted by Gasteiger charge is -2.12. The molecular formula is C21H22N4O3. The predicted octanol–water partition coefficient (Wildman–Crippen LogP) is 2.97. The van der Waals surface area contributed by atoms with Gasteiger partial charge in [0.25, 0.3) is 5.91 Å². The Bertz CT molecular complexity index is 950. The predicted molar refractivity (Wildman–Crippen MR) is 111 cm³/mol. The molecule has 4 N–H and O–H groups in total. The third-order valence-electron chi connectivity index (χ3n) is 4.24. The van der Waals surface area contributed by atoms with E-state index in [-0.39, 0.29) is 5.91 Å². The lowest BCUT2D eigenvalue weighted by Crippen LogP contribution is -2.26. The van der Waals surface area contributed by atoms with Crippen molar-refractivity contribution in [2.75, 3.05) is 23.7 Å². The number of guanidine groups is 1. The molecule has 3 rings (SSSR count). The van der Waals surface area contributed by atoms with Gasteiger partial charge in [-0.2, -0.15) is 0 Å². The second-order valence-electron chi connectivity index (χ2n) is 6.26. The first-order valence-electron chi connectivity index (χ1n) is 9.06. The zero-order valence-corrected chi connectivity index (χ0v) is 15.5. The highest BCUT2D eigenvalue weighted by molar-refractivity contribution is 6.06. The molecule has 0 aromatic heterocycles. The van der Waals surface area contributed by atoms with Crippen LogP contribution in [-0.2, 0) is 11.2 Å². The molecule has 1 aliphatic heterocycles. The van der Waals surface area contributed by atoms with E-state index >= 15 is 0 Å². The second-order valence-corrected chi connectivity index (χ2v) is 6.26. The summed E-state index contributed by atoms with van der Waals surface area (Å²) >= 11 is 0. The van der Waals surface area contributed by atoms with Crippen LogP contribution in [0.15, 0.2) is 53.5 Å². The Morgan fingerprint density at radius 1 is 1.25 bits per heavy atom. The molecule has 0 bridgehead atoms. The molecule has 7 heteroatoms. The minimum Gasteiger partial charge on any atom is -0.478 e. The summed E-state index contributed by atoms with van der Waals surface area (Å²) in [6, 6.07) is 12.6. The van der Waals surface area contributed by atoms with Gasteiger partial charge in [-0.05, 0) is 54.0 Å². The molecule has 0 fully saturated rings. The Morgan fingerprint density at radius 3 is 2.82 bits per heavy atom. The zero-order valence-electron chi connectivity index (χ0n) is 15.5. The highest BCUT2D eigenvalue weighted by Gasteiger charge is 2.11. The first-order chi connectivity index (χ1) is 13.5. The number of hydrogen-bond acceptors (Lipinski definition) is 5. The van der Waals surface area contributed by atoms with Gasteiger partial charge in [-0.1, -0.05) is 19.1 Å². The van der Waals surface area contributed by atoms with Gasteiger partial charge >= 0.3 is 5.97 Å². The molecular weight excluding hydrogens is 356 g/mol. The second kappa shape index (κ2) is 8.85. The minimum atomic E-state index is -0.998. The molecule has 28 heavy (non-hydrogen) atoms. The van der Waals surface area contributed by atoms with Crippen molar-refractivity contribution in [1.29, 1.82) is 0 Å². The first-order valence-corrected chi connectivity index (χ1v) is 9.06. The molecule has 1 heterocycles. The maximum atomic E-state index is 12.7.